The van der Waals surface area contributed by atoms with Gasteiger partial charge in [-0.1, -0.05) is 68.8 Å². The Kier molecular flexibility index (Phi) is 10.6. The van der Waals surface area contributed by atoms with Crippen molar-refractivity contribution in [1.29, 1.82) is 0 Å². The van der Waals surface area contributed by atoms with E-state index in [2.05, 4.69) is 26.9 Å². The van der Waals surface area contributed by atoms with E-state index in [4.69, 9.17) is 26.1 Å². The normalized spacial score (nSPS) is 22.6. The molecule has 16 heteroatoms. The standard InChI is InChI=1S/C40H45ClN6O7S2/c1-7-24-19-40(24,37(50)46-56(51,52)27-14-15-27)45-34(48)30-18-26(54-35-29-17-25(41)13-16-28(29)31(53-6)20-42-35)21-47(30)36(49)33(39(3,4)5)44-38-43-32(22(2)55-38)23-11-9-8-10-12-23/h7-13,16-17,20,24,26-27,30,33H,1,14-15,18-19,21H2,2-6H3,(H,43,44)(H,45,48)(H,46,50)/t24-,26-,30+,33?,40-/m1/s1. The number of anilines is 1. The van der Waals surface area contributed by atoms with Gasteiger partial charge in [-0.15, -0.1) is 17.9 Å². The van der Waals surface area contributed by atoms with Crippen molar-refractivity contribution in [1.82, 2.24) is 24.9 Å². The van der Waals surface area contributed by atoms with Gasteiger partial charge in [-0.25, -0.2) is 18.4 Å². The molecule has 2 saturated carbocycles. The molecule has 7 rings (SSSR count). The Morgan fingerprint density at radius 1 is 1.12 bits per heavy atom. The first kappa shape index (κ1) is 39.5. The van der Waals surface area contributed by atoms with Crippen molar-refractivity contribution in [3.63, 3.8) is 0 Å². The Morgan fingerprint density at radius 2 is 1.86 bits per heavy atom. The zero-order valence-corrected chi connectivity index (χ0v) is 34.2. The van der Waals surface area contributed by atoms with E-state index in [1.165, 1.54) is 35.6 Å². The molecule has 3 amide bonds. The van der Waals surface area contributed by atoms with Gasteiger partial charge in [0, 0.05) is 38.6 Å². The zero-order valence-electron chi connectivity index (χ0n) is 31.8. The Bertz CT molecular complexity index is 2310. The molecule has 1 aliphatic heterocycles. The quantitative estimate of drug-likeness (QED) is 0.139. The van der Waals surface area contributed by atoms with Gasteiger partial charge in [-0.05, 0) is 49.8 Å². The summed E-state index contributed by atoms with van der Waals surface area (Å²) in [5.74, 6) is -1.56. The van der Waals surface area contributed by atoms with Crippen LogP contribution < -0.4 is 24.8 Å². The third kappa shape index (κ3) is 7.81. The maximum atomic E-state index is 14.9. The highest BCUT2D eigenvalue weighted by atomic mass is 35.5. The molecule has 296 valence electrons. The van der Waals surface area contributed by atoms with Crippen LogP contribution in [0.25, 0.3) is 22.0 Å². The number of sulfonamides is 1. The summed E-state index contributed by atoms with van der Waals surface area (Å²) in [5.41, 5.74) is -0.437. The molecule has 2 aliphatic carbocycles. The van der Waals surface area contributed by atoms with Crippen LogP contribution >= 0.6 is 22.9 Å². The smallest absolute Gasteiger partial charge is 0.259 e. The molecular weight excluding hydrogens is 776 g/mol. The van der Waals surface area contributed by atoms with Crippen molar-refractivity contribution in [3.8, 4) is 22.9 Å². The third-order valence-corrected chi connectivity index (χ3v) is 13.6. The summed E-state index contributed by atoms with van der Waals surface area (Å²) in [7, 11) is -2.36. The molecule has 2 aromatic carbocycles. The number of hydrogen-bond acceptors (Lipinski definition) is 11. The molecule has 3 heterocycles. The number of fused-ring (bicyclic) bond motifs is 1. The minimum absolute atomic E-state index is 0.00720. The predicted molar refractivity (Wildman–Crippen MR) is 216 cm³/mol. The lowest BCUT2D eigenvalue weighted by Crippen LogP contribution is -2.58. The average molecular weight is 821 g/mol. The molecule has 5 atom stereocenters. The predicted octanol–water partition coefficient (Wildman–Crippen LogP) is 5.87. The van der Waals surface area contributed by atoms with Crippen molar-refractivity contribution in [2.45, 2.75) is 82.4 Å². The minimum atomic E-state index is -3.89. The number of pyridine rings is 1. The summed E-state index contributed by atoms with van der Waals surface area (Å²) in [6, 6.07) is 13.1. The van der Waals surface area contributed by atoms with E-state index < -0.39 is 62.1 Å². The Balaban J connectivity index is 1.20. The van der Waals surface area contributed by atoms with E-state index in [9.17, 15) is 22.8 Å². The number of halogens is 1. The summed E-state index contributed by atoms with van der Waals surface area (Å²) in [6.07, 6.45) is 3.50. The average Bonchev–Trinajstić information content (AvgIpc) is 4.06. The fourth-order valence-electron chi connectivity index (χ4n) is 7.23. The van der Waals surface area contributed by atoms with Gasteiger partial charge in [0.1, 0.15) is 29.5 Å². The van der Waals surface area contributed by atoms with Crippen LogP contribution in [0.1, 0.15) is 51.3 Å². The maximum absolute atomic E-state index is 14.9. The van der Waals surface area contributed by atoms with E-state index in [0.717, 1.165) is 16.1 Å². The number of thiazole rings is 1. The SMILES string of the molecule is C=C[C@@H]1C[C@]1(NC(=O)[C@@H]1C[C@@H](Oc2ncc(OC)c3ccc(Cl)cc23)CN1C(=O)C(Nc1nc(-c2ccccc2)c(C)s1)C(C)(C)C)C(=O)NS(=O)(=O)C1CC1. The number of rotatable bonds is 13. The number of ether oxygens (including phenoxy) is 2. The fraction of sp³-hybridized carbons (Fsp3) is 0.425. The molecular formula is C40H45ClN6O7S2. The molecule has 13 nitrogen and oxygen atoms in total. The van der Waals surface area contributed by atoms with Crippen LogP contribution in [0, 0.1) is 18.3 Å². The first-order chi connectivity index (χ1) is 26.5. The monoisotopic (exact) mass is 820 g/mol. The van der Waals surface area contributed by atoms with Crippen molar-refractivity contribution in [2.24, 2.45) is 11.3 Å². The second-order valence-corrected chi connectivity index (χ2v) is 19.3. The van der Waals surface area contributed by atoms with Crippen LogP contribution in [0.2, 0.25) is 5.02 Å². The van der Waals surface area contributed by atoms with Gasteiger partial charge in [-0.2, -0.15) is 0 Å². The molecule has 0 radical (unpaired) electrons. The number of nitrogens with one attached hydrogen (secondary N) is 3. The number of carbonyl (C=O) groups excluding carboxylic acids is 3. The first-order valence-electron chi connectivity index (χ1n) is 18.4. The molecule has 3 aliphatic rings. The number of aryl methyl sites for hydroxylation is 1. The maximum Gasteiger partial charge on any atom is 0.259 e. The molecule has 56 heavy (non-hydrogen) atoms. The van der Waals surface area contributed by atoms with E-state index >= 15 is 0 Å². The van der Waals surface area contributed by atoms with Gasteiger partial charge in [0.15, 0.2) is 5.13 Å². The number of hydrogen-bond donors (Lipinski definition) is 3. The molecule has 1 unspecified atom stereocenters. The Labute approximate surface area is 335 Å². The molecule has 1 saturated heterocycles. The fourth-order valence-corrected chi connectivity index (χ4v) is 9.63. The topological polar surface area (TPSA) is 169 Å². The molecule has 3 N–H and O–H groups in total. The summed E-state index contributed by atoms with van der Waals surface area (Å²) < 4.78 is 39.7. The highest BCUT2D eigenvalue weighted by Gasteiger charge is 2.62. The Hall–Kier alpha value is -4.73. The van der Waals surface area contributed by atoms with Gasteiger partial charge in [-0.3, -0.25) is 19.1 Å². The molecule has 4 aromatic rings. The van der Waals surface area contributed by atoms with Crippen molar-refractivity contribution in [2.75, 3.05) is 19.0 Å². The number of carbonyl (C=O) groups is 3. The summed E-state index contributed by atoms with van der Waals surface area (Å²) in [4.78, 5) is 54.8. The highest BCUT2D eigenvalue weighted by Crippen LogP contribution is 2.46. The molecule has 0 bridgehead atoms. The first-order valence-corrected chi connectivity index (χ1v) is 21.2. The van der Waals surface area contributed by atoms with Crippen molar-refractivity contribution >= 4 is 66.6 Å². The summed E-state index contributed by atoms with van der Waals surface area (Å²) >= 11 is 7.81. The van der Waals surface area contributed by atoms with E-state index in [1.807, 2.05) is 58.0 Å². The van der Waals surface area contributed by atoms with E-state index in [0.29, 0.717) is 39.5 Å². The lowest BCUT2D eigenvalue weighted by molar-refractivity contribution is -0.141. The van der Waals surface area contributed by atoms with Crippen LogP contribution in [0.4, 0.5) is 5.13 Å². The lowest BCUT2D eigenvalue weighted by Gasteiger charge is -2.35. The number of aromatic nitrogens is 2. The lowest BCUT2D eigenvalue weighted by atomic mass is 9.85. The number of benzene rings is 2. The second kappa shape index (κ2) is 15.0. The van der Waals surface area contributed by atoms with Crippen LogP contribution in [-0.2, 0) is 24.4 Å². The zero-order chi connectivity index (χ0) is 40.2. The van der Waals surface area contributed by atoms with E-state index in [-0.39, 0.29) is 31.2 Å². The summed E-state index contributed by atoms with van der Waals surface area (Å²) in [6.45, 7) is 11.6. The molecule has 2 aromatic heterocycles. The molecule has 0 spiro atoms. The minimum Gasteiger partial charge on any atom is -0.494 e. The van der Waals surface area contributed by atoms with E-state index in [1.54, 1.807) is 18.2 Å². The number of amides is 3. The van der Waals surface area contributed by atoms with Crippen LogP contribution in [0.5, 0.6) is 11.6 Å². The highest BCUT2D eigenvalue weighted by molar-refractivity contribution is 7.91. The van der Waals surface area contributed by atoms with Crippen LogP contribution in [0.15, 0.2) is 67.4 Å². The van der Waals surface area contributed by atoms with Gasteiger partial charge < -0.3 is 25.0 Å². The van der Waals surface area contributed by atoms with Crippen LogP contribution in [0.3, 0.4) is 0 Å². The Morgan fingerprint density at radius 3 is 2.50 bits per heavy atom. The second-order valence-electron chi connectivity index (χ2n) is 15.7. The number of likely N-dealkylation sites (tertiary alicyclic amines) is 1. The van der Waals surface area contributed by atoms with Crippen molar-refractivity contribution in [3.05, 3.63) is 77.3 Å². The van der Waals surface area contributed by atoms with Gasteiger partial charge >= 0.3 is 0 Å². The van der Waals surface area contributed by atoms with Gasteiger partial charge in [0.2, 0.25) is 27.7 Å². The molecule has 3 fully saturated rings. The van der Waals surface area contributed by atoms with Crippen LogP contribution in [-0.4, -0.2) is 83.6 Å². The largest absolute Gasteiger partial charge is 0.494 e. The van der Waals surface area contributed by atoms with Crippen molar-refractivity contribution < 1.29 is 32.3 Å². The summed E-state index contributed by atoms with van der Waals surface area (Å²) in [5, 5.41) is 7.92. The van der Waals surface area contributed by atoms with Gasteiger partial charge in [0.05, 0.1) is 30.8 Å². The third-order valence-electron chi connectivity index (χ3n) is 10.6. The number of methoxy groups -OCH3 is 1. The number of nitrogens with zero attached hydrogens (tertiary/aromatic N) is 3. The van der Waals surface area contributed by atoms with Gasteiger partial charge in [0.25, 0.3) is 5.91 Å².